The van der Waals surface area contributed by atoms with Crippen LogP contribution in [0, 0.1) is 0 Å². The summed E-state index contributed by atoms with van der Waals surface area (Å²) in [6.07, 6.45) is 3.08. The van der Waals surface area contributed by atoms with E-state index in [1.165, 1.54) is 24.3 Å². The summed E-state index contributed by atoms with van der Waals surface area (Å²) in [5, 5.41) is 43.3. The van der Waals surface area contributed by atoms with Crippen LogP contribution in [0.3, 0.4) is 0 Å². The van der Waals surface area contributed by atoms with Crippen LogP contribution in [-0.2, 0) is 36.0 Å². The smallest absolute Gasteiger partial charge is 0.871 e. The van der Waals surface area contributed by atoms with E-state index in [1.54, 1.807) is 24.3 Å². The van der Waals surface area contributed by atoms with Crippen molar-refractivity contribution in [2.24, 2.45) is 0 Å². The molecule has 2 aromatic rings. The minimum Gasteiger partial charge on any atom is -0.871 e. The Morgan fingerprint density at radius 3 is 1.26 bits per heavy atom. The fourth-order valence-electron chi connectivity index (χ4n) is 1.78. The molecule has 0 saturated heterocycles. The average Bonchev–Trinajstić information content (AvgIpc) is 2.69. The van der Waals surface area contributed by atoms with Gasteiger partial charge in [0.2, 0.25) is 11.8 Å². The topological polar surface area (TPSA) is 179 Å². The number of carbonyl (C=O) groups excluding carboxylic acids is 2. The molecule has 10 nitrogen and oxygen atoms in total. The second-order valence-corrected chi connectivity index (χ2v) is 5.31. The van der Waals surface area contributed by atoms with Gasteiger partial charge in [0.15, 0.2) is 0 Å². The number of hydrogen-bond acceptors (Lipinski definition) is 6. The van der Waals surface area contributed by atoms with Gasteiger partial charge < -0.3 is 31.1 Å². The van der Waals surface area contributed by atoms with Gasteiger partial charge >= 0.3 is 28.7 Å². The van der Waals surface area contributed by atoms with E-state index in [4.69, 9.17) is 10.2 Å². The van der Waals surface area contributed by atoms with Gasteiger partial charge in [-0.3, -0.25) is 9.59 Å². The van der Waals surface area contributed by atoms with E-state index < -0.39 is 23.8 Å². The number of carboxylic acid groups (broad SMARTS) is 2. The molecule has 0 fully saturated rings. The van der Waals surface area contributed by atoms with Gasteiger partial charge in [0.25, 0.3) is 0 Å². The molecule has 4 N–H and O–H groups in total. The number of benzene rings is 2. The third-order valence-corrected chi connectivity index (χ3v) is 3.04. The van der Waals surface area contributed by atoms with Gasteiger partial charge in [-0.2, -0.15) is 0 Å². The number of rotatable bonds is 6. The first-order chi connectivity index (χ1) is 14.2. The van der Waals surface area contributed by atoms with Crippen molar-refractivity contribution >= 4 is 35.1 Å². The van der Waals surface area contributed by atoms with Gasteiger partial charge in [-0.1, -0.05) is 47.9 Å². The zero-order valence-electron chi connectivity index (χ0n) is 15.6. The first-order valence-electron chi connectivity index (χ1n) is 8.15. The normalized spacial score (nSPS) is 9.81. The standard InChI is InChI=1S/2C10H9NO4.Co/c2*12-8-4-2-1-3-7(8)11-9(13)5-6-10(14)15;/h2*1-6,12H,(H,11,13)(H,14,15);/q;;+2/p-2/b2*6-5-;. The summed E-state index contributed by atoms with van der Waals surface area (Å²) in [7, 11) is 0. The molecule has 31 heavy (non-hydrogen) atoms. The zero-order chi connectivity index (χ0) is 22.5. The third kappa shape index (κ3) is 11.5. The largest absolute Gasteiger partial charge is 2.00 e. The van der Waals surface area contributed by atoms with E-state index in [9.17, 15) is 29.4 Å². The predicted octanol–water partition coefficient (Wildman–Crippen LogP) is 0.676. The van der Waals surface area contributed by atoms with E-state index in [0.29, 0.717) is 12.2 Å². The summed E-state index contributed by atoms with van der Waals surface area (Å²) in [4.78, 5) is 42.3. The van der Waals surface area contributed by atoms with Crippen LogP contribution in [0.2, 0.25) is 0 Å². The van der Waals surface area contributed by atoms with E-state index in [1.807, 2.05) is 0 Å². The fourth-order valence-corrected chi connectivity index (χ4v) is 1.78. The van der Waals surface area contributed by atoms with Crippen LogP contribution in [0.1, 0.15) is 0 Å². The fraction of sp³-hybridized carbons (Fsp3) is 0. The zero-order valence-corrected chi connectivity index (χ0v) is 16.6. The maximum Gasteiger partial charge on any atom is 2.00 e. The second kappa shape index (κ2) is 14.0. The third-order valence-electron chi connectivity index (χ3n) is 3.04. The number of anilines is 2. The second-order valence-electron chi connectivity index (χ2n) is 5.31. The quantitative estimate of drug-likeness (QED) is 0.444. The first kappa shape index (κ1) is 26.9. The number of carbonyl (C=O) groups is 4. The summed E-state index contributed by atoms with van der Waals surface area (Å²) in [6, 6.07) is 11.8. The summed E-state index contributed by atoms with van der Waals surface area (Å²) < 4.78 is 0. The molecule has 11 heteroatoms. The summed E-state index contributed by atoms with van der Waals surface area (Å²) in [6.45, 7) is 0. The van der Waals surface area contributed by atoms with E-state index in [0.717, 1.165) is 12.2 Å². The van der Waals surface area contributed by atoms with Crippen LogP contribution < -0.4 is 20.8 Å². The summed E-state index contributed by atoms with van der Waals surface area (Å²) in [5.41, 5.74) is 0.245. The van der Waals surface area contributed by atoms with Crippen molar-refractivity contribution in [3.05, 3.63) is 72.8 Å². The summed E-state index contributed by atoms with van der Waals surface area (Å²) in [5.74, 6) is -4.40. The van der Waals surface area contributed by atoms with Crippen LogP contribution in [0.5, 0.6) is 11.5 Å². The molecule has 0 unspecified atom stereocenters. The number of aliphatic carboxylic acids is 2. The van der Waals surface area contributed by atoms with Gasteiger partial charge in [-0.05, 0) is 12.1 Å². The Bertz CT molecular complexity index is 909. The molecule has 0 aliphatic carbocycles. The molecule has 0 aliphatic heterocycles. The van der Waals surface area contributed by atoms with Crippen molar-refractivity contribution in [2.75, 3.05) is 10.6 Å². The van der Waals surface area contributed by atoms with Gasteiger partial charge in [-0.15, -0.1) is 0 Å². The molecular formula is C20H16CoN2O8. The maximum absolute atomic E-state index is 11.1. The van der Waals surface area contributed by atoms with E-state index >= 15 is 0 Å². The molecule has 0 heterocycles. The maximum atomic E-state index is 11.1. The molecule has 0 atom stereocenters. The molecule has 0 aliphatic rings. The van der Waals surface area contributed by atoms with Crippen molar-refractivity contribution < 1.29 is 56.4 Å². The molecule has 2 amide bonds. The molecule has 0 spiro atoms. The number of amides is 2. The van der Waals surface area contributed by atoms with Crippen molar-refractivity contribution in [1.82, 2.24) is 0 Å². The molecule has 1 radical (unpaired) electrons. The molecule has 2 rings (SSSR count). The average molecular weight is 471 g/mol. The number of nitrogens with one attached hydrogen (secondary N) is 2. The van der Waals surface area contributed by atoms with Crippen molar-refractivity contribution in [3.63, 3.8) is 0 Å². The van der Waals surface area contributed by atoms with Gasteiger partial charge in [0, 0.05) is 35.7 Å². The minimum atomic E-state index is -1.22. The Kier molecular flexibility index (Phi) is 12.1. The van der Waals surface area contributed by atoms with Crippen LogP contribution in [0.15, 0.2) is 72.8 Å². The molecule has 0 saturated carbocycles. The minimum absolute atomic E-state index is 0. The molecule has 0 aromatic heterocycles. The first-order valence-corrected chi connectivity index (χ1v) is 8.15. The van der Waals surface area contributed by atoms with Crippen LogP contribution >= 0.6 is 0 Å². The van der Waals surface area contributed by atoms with Crippen molar-refractivity contribution in [1.29, 1.82) is 0 Å². The van der Waals surface area contributed by atoms with Crippen LogP contribution in [0.4, 0.5) is 11.4 Å². The molecule has 2 aromatic carbocycles. The monoisotopic (exact) mass is 471 g/mol. The predicted molar refractivity (Wildman–Crippen MR) is 103 cm³/mol. The van der Waals surface area contributed by atoms with Gasteiger partial charge in [-0.25, -0.2) is 9.59 Å². The Morgan fingerprint density at radius 2 is 0.968 bits per heavy atom. The Hall–Kier alpha value is -4.09. The molecule has 163 valence electrons. The van der Waals surface area contributed by atoms with Crippen molar-refractivity contribution in [2.45, 2.75) is 0 Å². The van der Waals surface area contributed by atoms with Crippen molar-refractivity contribution in [3.8, 4) is 11.5 Å². The molecular weight excluding hydrogens is 455 g/mol. The Labute approximate surface area is 186 Å². The van der Waals surface area contributed by atoms with E-state index in [2.05, 4.69) is 10.6 Å². The Morgan fingerprint density at radius 1 is 0.645 bits per heavy atom. The number of carboxylic acids is 2. The summed E-state index contributed by atoms with van der Waals surface area (Å²) >= 11 is 0. The van der Waals surface area contributed by atoms with Gasteiger partial charge in [0.1, 0.15) is 0 Å². The number of hydrogen-bond donors (Lipinski definition) is 4. The van der Waals surface area contributed by atoms with Crippen LogP contribution in [0.25, 0.3) is 0 Å². The SMILES string of the molecule is O=C(O)/C=C\C(=O)Nc1ccccc1[O-].O=C(O)/C=C\C(=O)Nc1ccccc1[O-].[Co+2]. The van der Waals surface area contributed by atoms with Gasteiger partial charge in [0.05, 0.1) is 0 Å². The number of para-hydroxylation sites is 4. The molecule has 0 bridgehead atoms. The Balaban J connectivity index is 0.000000562. The van der Waals surface area contributed by atoms with E-state index in [-0.39, 0.29) is 39.7 Å². The van der Waals surface area contributed by atoms with Crippen LogP contribution in [-0.4, -0.2) is 34.0 Å².